The average molecular weight is 379 g/mol. The zero-order valence-corrected chi connectivity index (χ0v) is 16.7. The summed E-state index contributed by atoms with van der Waals surface area (Å²) in [6.07, 6.45) is 0.881. The maximum atomic E-state index is 12.8. The molecule has 0 spiro atoms. The number of ether oxygens (including phenoxy) is 2. The highest BCUT2D eigenvalue weighted by Crippen LogP contribution is 2.21. The largest absolute Gasteiger partial charge is 0.460 e. The number of amides is 1. The van der Waals surface area contributed by atoms with Crippen LogP contribution in [-0.4, -0.2) is 54.1 Å². The van der Waals surface area contributed by atoms with E-state index < -0.39 is 5.97 Å². The van der Waals surface area contributed by atoms with Crippen molar-refractivity contribution in [1.82, 2.24) is 14.9 Å². The number of aromatic nitrogens is 2. The number of nitrogens with zero attached hydrogens (tertiary/aromatic N) is 2. The number of rotatable bonds is 8. The Morgan fingerprint density at radius 3 is 2.65 bits per heavy atom. The summed E-state index contributed by atoms with van der Waals surface area (Å²) in [5, 5.41) is 3.02. The molecule has 1 amide bonds. The molecule has 0 unspecified atom stereocenters. The normalized spacial score (nSPS) is 10.8. The molecule has 0 aliphatic carbocycles. The number of carbonyl (C=O) groups is 2. The van der Waals surface area contributed by atoms with Gasteiger partial charge in [-0.15, -0.1) is 11.3 Å². The second kappa shape index (κ2) is 8.95. The van der Waals surface area contributed by atoms with E-state index in [2.05, 4.69) is 16.9 Å². The molecule has 0 bridgehead atoms. The van der Waals surface area contributed by atoms with Gasteiger partial charge in [-0.25, -0.2) is 9.78 Å². The van der Waals surface area contributed by atoms with Gasteiger partial charge in [-0.2, -0.15) is 0 Å². The number of aromatic amines is 1. The Morgan fingerprint density at radius 1 is 1.31 bits per heavy atom. The van der Waals surface area contributed by atoms with E-state index >= 15 is 0 Å². The predicted octanol–water partition coefficient (Wildman–Crippen LogP) is 2.73. The van der Waals surface area contributed by atoms with E-state index in [4.69, 9.17) is 9.47 Å². The van der Waals surface area contributed by atoms with Crippen molar-refractivity contribution < 1.29 is 19.1 Å². The number of thiazole rings is 1. The van der Waals surface area contributed by atoms with Gasteiger partial charge in [-0.05, 0) is 25.8 Å². The highest BCUT2D eigenvalue weighted by atomic mass is 32.1. The standard InChI is InChI=1S/C18H25N3O4S/c1-6-14-20-13(10-26-14)9-21(4)17(22)16-11(2)15(12(3)19-16)18(23)25-8-7-24-5/h10,19H,6-9H2,1-5H3. The zero-order valence-electron chi connectivity index (χ0n) is 15.8. The summed E-state index contributed by atoms with van der Waals surface area (Å²) >= 11 is 1.59. The van der Waals surface area contributed by atoms with Crippen molar-refractivity contribution >= 4 is 23.2 Å². The Labute approximate surface area is 157 Å². The number of hydrogen-bond acceptors (Lipinski definition) is 6. The maximum Gasteiger partial charge on any atom is 0.340 e. The summed E-state index contributed by atoms with van der Waals surface area (Å²) < 4.78 is 10.1. The Bertz CT molecular complexity index is 781. The molecule has 0 saturated heterocycles. The number of H-pyrrole nitrogens is 1. The lowest BCUT2D eigenvalue weighted by atomic mass is 10.1. The van der Waals surface area contributed by atoms with Crippen molar-refractivity contribution in [1.29, 1.82) is 0 Å². The molecule has 0 fully saturated rings. The lowest BCUT2D eigenvalue weighted by Gasteiger charge is -2.15. The van der Waals surface area contributed by atoms with E-state index in [-0.39, 0.29) is 12.5 Å². The van der Waals surface area contributed by atoms with E-state index in [9.17, 15) is 9.59 Å². The van der Waals surface area contributed by atoms with Gasteiger partial charge in [0.15, 0.2) is 0 Å². The first-order valence-electron chi connectivity index (χ1n) is 8.42. The van der Waals surface area contributed by atoms with Crippen molar-refractivity contribution in [2.45, 2.75) is 33.7 Å². The molecule has 2 aromatic heterocycles. The zero-order chi connectivity index (χ0) is 19.3. The Balaban J connectivity index is 2.13. The second-order valence-electron chi connectivity index (χ2n) is 6.00. The molecular weight excluding hydrogens is 354 g/mol. The van der Waals surface area contributed by atoms with Crippen LogP contribution in [-0.2, 0) is 22.4 Å². The Hall–Kier alpha value is -2.19. The van der Waals surface area contributed by atoms with Gasteiger partial charge in [0.1, 0.15) is 12.3 Å². The molecule has 7 nitrogen and oxygen atoms in total. The van der Waals surface area contributed by atoms with Crippen molar-refractivity contribution in [3.8, 4) is 0 Å². The van der Waals surface area contributed by atoms with Crippen molar-refractivity contribution in [3.63, 3.8) is 0 Å². The highest BCUT2D eigenvalue weighted by Gasteiger charge is 2.25. The number of methoxy groups -OCH3 is 1. The maximum absolute atomic E-state index is 12.8. The molecule has 2 heterocycles. The molecule has 2 aromatic rings. The Morgan fingerprint density at radius 2 is 2.04 bits per heavy atom. The third-order valence-corrected chi connectivity index (χ3v) is 5.07. The molecule has 26 heavy (non-hydrogen) atoms. The molecule has 0 atom stereocenters. The number of carbonyl (C=O) groups excluding carboxylic acids is 2. The van der Waals surface area contributed by atoms with Crippen LogP contribution in [0, 0.1) is 13.8 Å². The summed E-state index contributed by atoms with van der Waals surface area (Å²) in [6.45, 7) is 6.47. The summed E-state index contributed by atoms with van der Waals surface area (Å²) in [6, 6.07) is 0. The fraction of sp³-hybridized carbons (Fsp3) is 0.500. The van der Waals surface area contributed by atoms with Crippen LogP contribution in [0.15, 0.2) is 5.38 Å². The molecule has 0 aliphatic heterocycles. The minimum absolute atomic E-state index is 0.173. The van der Waals surface area contributed by atoms with Crippen molar-refractivity contribution in [3.05, 3.63) is 38.6 Å². The lowest BCUT2D eigenvalue weighted by Crippen LogP contribution is -2.27. The summed E-state index contributed by atoms with van der Waals surface area (Å²) in [4.78, 5) is 34.2. The second-order valence-corrected chi connectivity index (χ2v) is 6.94. The third kappa shape index (κ3) is 4.50. The molecule has 0 aromatic carbocycles. The van der Waals surface area contributed by atoms with Gasteiger partial charge in [0, 0.05) is 25.2 Å². The van der Waals surface area contributed by atoms with Crippen LogP contribution in [0.1, 0.15) is 49.7 Å². The fourth-order valence-electron chi connectivity index (χ4n) is 2.65. The first-order chi connectivity index (χ1) is 12.4. The first-order valence-corrected chi connectivity index (χ1v) is 9.30. The minimum Gasteiger partial charge on any atom is -0.460 e. The minimum atomic E-state index is -0.456. The van der Waals surface area contributed by atoms with Crippen LogP contribution in [0.5, 0.6) is 0 Å². The van der Waals surface area contributed by atoms with Gasteiger partial charge in [-0.1, -0.05) is 6.92 Å². The molecule has 0 aliphatic rings. The molecule has 0 radical (unpaired) electrons. The van der Waals surface area contributed by atoms with Crippen LogP contribution in [0.2, 0.25) is 0 Å². The highest BCUT2D eigenvalue weighted by molar-refractivity contribution is 7.09. The van der Waals surface area contributed by atoms with E-state index in [1.807, 2.05) is 5.38 Å². The van der Waals surface area contributed by atoms with Crippen LogP contribution in [0.25, 0.3) is 0 Å². The SMILES string of the molecule is CCc1nc(CN(C)C(=O)c2[nH]c(C)c(C(=O)OCCOC)c2C)cs1. The molecule has 142 valence electrons. The molecule has 1 N–H and O–H groups in total. The van der Waals surface area contributed by atoms with Gasteiger partial charge in [-0.3, -0.25) is 4.79 Å². The fourth-order valence-corrected chi connectivity index (χ4v) is 3.39. The van der Waals surface area contributed by atoms with Gasteiger partial charge in [0.2, 0.25) is 0 Å². The number of aryl methyl sites for hydroxylation is 2. The van der Waals surface area contributed by atoms with Gasteiger partial charge >= 0.3 is 5.97 Å². The molecular formula is C18H25N3O4S. The van der Waals surface area contributed by atoms with Crippen molar-refractivity contribution in [2.24, 2.45) is 0 Å². The topological polar surface area (TPSA) is 84.5 Å². The third-order valence-electron chi connectivity index (χ3n) is 4.02. The summed E-state index contributed by atoms with van der Waals surface area (Å²) in [5.74, 6) is -0.644. The summed E-state index contributed by atoms with van der Waals surface area (Å²) in [5.41, 5.74) is 2.87. The van der Waals surface area contributed by atoms with Crippen LogP contribution in [0.4, 0.5) is 0 Å². The monoisotopic (exact) mass is 379 g/mol. The molecule has 2 rings (SSSR count). The van der Waals surface area contributed by atoms with E-state index in [1.54, 1.807) is 44.2 Å². The van der Waals surface area contributed by atoms with Crippen LogP contribution < -0.4 is 0 Å². The van der Waals surface area contributed by atoms with Crippen molar-refractivity contribution in [2.75, 3.05) is 27.4 Å². The number of esters is 1. The first kappa shape index (κ1) is 20.1. The summed E-state index contributed by atoms with van der Waals surface area (Å²) in [7, 11) is 3.26. The smallest absolute Gasteiger partial charge is 0.340 e. The van der Waals surface area contributed by atoms with Gasteiger partial charge < -0.3 is 19.4 Å². The van der Waals surface area contributed by atoms with E-state index in [0.717, 1.165) is 17.1 Å². The van der Waals surface area contributed by atoms with E-state index in [0.29, 0.717) is 35.7 Å². The average Bonchev–Trinajstić information content (AvgIpc) is 3.18. The quantitative estimate of drug-likeness (QED) is 0.563. The predicted molar refractivity (Wildman–Crippen MR) is 99.7 cm³/mol. The van der Waals surface area contributed by atoms with Gasteiger partial charge in [0.25, 0.3) is 5.91 Å². The number of hydrogen-bond donors (Lipinski definition) is 1. The molecule has 8 heteroatoms. The van der Waals surface area contributed by atoms with Crippen LogP contribution in [0.3, 0.4) is 0 Å². The van der Waals surface area contributed by atoms with Crippen LogP contribution >= 0.6 is 11.3 Å². The molecule has 0 saturated carbocycles. The Kier molecular flexibility index (Phi) is 6.93. The lowest BCUT2D eigenvalue weighted by molar-refractivity contribution is 0.0387. The van der Waals surface area contributed by atoms with E-state index in [1.165, 1.54) is 0 Å². The number of nitrogens with one attached hydrogen (secondary N) is 1. The van der Waals surface area contributed by atoms with Gasteiger partial charge in [0.05, 0.1) is 29.4 Å².